The SMILES string of the molecule is CCC(=O)ON1C(=O)/C(=C/C=C/C=C/c2ccco2)SC1=S. The lowest BCUT2D eigenvalue weighted by Crippen LogP contribution is -2.30. The Morgan fingerprint density at radius 2 is 2.27 bits per heavy atom. The molecule has 1 amide bonds. The van der Waals surface area contributed by atoms with Gasteiger partial charge in [0.15, 0.2) is 4.32 Å². The molecule has 1 aliphatic rings. The minimum Gasteiger partial charge on any atom is -0.465 e. The van der Waals surface area contributed by atoms with Crippen LogP contribution in [0.1, 0.15) is 19.1 Å². The predicted molar refractivity (Wildman–Crippen MR) is 88.4 cm³/mol. The van der Waals surface area contributed by atoms with Crippen LogP contribution in [0.5, 0.6) is 0 Å². The summed E-state index contributed by atoms with van der Waals surface area (Å²) in [5.74, 6) is -0.201. The van der Waals surface area contributed by atoms with Crippen molar-refractivity contribution in [3.8, 4) is 0 Å². The van der Waals surface area contributed by atoms with Crippen molar-refractivity contribution in [3.05, 3.63) is 53.4 Å². The van der Waals surface area contributed by atoms with Crippen LogP contribution in [0.3, 0.4) is 0 Å². The van der Waals surface area contributed by atoms with Crippen molar-refractivity contribution in [2.24, 2.45) is 0 Å². The normalized spacial score (nSPS) is 17.3. The number of thioether (sulfide) groups is 1. The number of rotatable bonds is 5. The first-order valence-corrected chi connectivity index (χ1v) is 7.70. The third kappa shape index (κ3) is 4.19. The number of hydroxylamine groups is 2. The summed E-state index contributed by atoms with van der Waals surface area (Å²) in [6.45, 7) is 1.64. The van der Waals surface area contributed by atoms with Crippen LogP contribution in [0.25, 0.3) is 6.08 Å². The molecule has 0 atom stereocenters. The highest BCUT2D eigenvalue weighted by Crippen LogP contribution is 2.31. The molecule has 0 aromatic carbocycles. The summed E-state index contributed by atoms with van der Waals surface area (Å²) in [7, 11) is 0. The summed E-state index contributed by atoms with van der Waals surface area (Å²) >= 11 is 6.10. The maximum atomic E-state index is 12.0. The van der Waals surface area contributed by atoms with Gasteiger partial charge in [-0.3, -0.25) is 4.79 Å². The summed E-state index contributed by atoms with van der Waals surface area (Å²) in [5, 5.41) is 0.851. The zero-order valence-electron chi connectivity index (χ0n) is 11.7. The Morgan fingerprint density at radius 1 is 1.45 bits per heavy atom. The zero-order chi connectivity index (χ0) is 15.9. The van der Waals surface area contributed by atoms with E-state index < -0.39 is 11.9 Å². The largest absolute Gasteiger partial charge is 0.465 e. The van der Waals surface area contributed by atoms with Gasteiger partial charge in [0.1, 0.15) is 5.76 Å². The molecule has 0 radical (unpaired) electrons. The summed E-state index contributed by atoms with van der Waals surface area (Å²) in [6.07, 6.45) is 10.4. The Hall–Kier alpha value is -2.12. The average Bonchev–Trinajstić information content (AvgIpc) is 3.11. The Labute approximate surface area is 137 Å². The van der Waals surface area contributed by atoms with Crippen LogP contribution in [0.2, 0.25) is 0 Å². The van der Waals surface area contributed by atoms with E-state index in [1.54, 1.807) is 49.6 Å². The van der Waals surface area contributed by atoms with E-state index in [4.69, 9.17) is 21.5 Å². The standard InChI is InChI=1S/C15H13NO4S2/c1-2-13(17)20-16-14(18)12(22-15(16)21)9-5-3-4-7-11-8-6-10-19-11/h3-10H,2H2,1H3/b5-3+,7-4+,12-9-. The van der Waals surface area contributed by atoms with Gasteiger partial charge in [0.2, 0.25) is 0 Å². The van der Waals surface area contributed by atoms with Gasteiger partial charge in [-0.25, -0.2) is 4.79 Å². The van der Waals surface area contributed by atoms with Crippen molar-refractivity contribution in [2.75, 3.05) is 0 Å². The van der Waals surface area contributed by atoms with Crippen molar-refractivity contribution < 1.29 is 18.8 Å². The van der Waals surface area contributed by atoms with Crippen molar-refractivity contribution in [2.45, 2.75) is 13.3 Å². The van der Waals surface area contributed by atoms with Gasteiger partial charge in [-0.1, -0.05) is 36.9 Å². The Morgan fingerprint density at radius 3 is 2.95 bits per heavy atom. The molecule has 2 rings (SSSR count). The molecule has 1 aromatic heterocycles. The quantitative estimate of drug-likeness (QED) is 0.466. The molecule has 1 aromatic rings. The Balaban J connectivity index is 1.96. The minimum absolute atomic E-state index is 0.174. The fourth-order valence-electron chi connectivity index (χ4n) is 1.46. The van der Waals surface area contributed by atoms with Crippen LogP contribution in [0.15, 0.2) is 52.0 Å². The van der Waals surface area contributed by atoms with E-state index in [1.807, 2.05) is 6.07 Å². The van der Waals surface area contributed by atoms with E-state index in [9.17, 15) is 9.59 Å². The zero-order valence-corrected chi connectivity index (χ0v) is 13.4. The number of furan rings is 1. The molecule has 0 unspecified atom stereocenters. The van der Waals surface area contributed by atoms with E-state index in [0.29, 0.717) is 4.91 Å². The molecule has 1 aliphatic heterocycles. The highest BCUT2D eigenvalue weighted by Gasteiger charge is 2.34. The maximum Gasteiger partial charge on any atom is 0.332 e. The molecule has 0 aliphatic carbocycles. The molecular weight excluding hydrogens is 322 g/mol. The number of amides is 1. The lowest BCUT2D eigenvalue weighted by molar-refractivity contribution is -0.178. The first-order chi connectivity index (χ1) is 10.6. The molecule has 1 fully saturated rings. The van der Waals surface area contributed by atoms with Crippen LogP contribution in [0.4, 0.5) is 0 Å². The lowest BCUT2D eigenvalue weighted by Gasteiger charge is -2.12. The van der Waals surface area contributed by atoms with E-state index in [2.05, 4.69) is 0 Å². The number of carbonyl (C=O) groups is 2. The number of allylic oxidation sites excluding steroid dienone is 4. The van der Waals surface area contributed by atoms with Crippen LogP contribution in [-0.2, 0) is 14.4 Å². The van der Waals surface area contributed by atoms with Gasteiger partial charge in [0, 0.05) is 6.42 Å². The van der Waals surface area contributed by atoms with Crippen LogP contribution in [-0.4, -0.2) is 21.3 Å². The van der Waals surface area contributed by atoms with E-state index in [1.165, 1.54) is 0 Å². The van der Waals surface area contributed by atoms with E-state index in [0.717, 1.165) is 22.6 Å². The van der Waals surface area contributed by atoms with Gasteiger partial charge in [0.25, 0.3) is 5.91 Å². The molecule has 0 saturated carbocycles. The predicted octanol–water partition coefficient (Wildman–Crippen LogP) is 3.46. The number of thiocarbonyl (C=S) groups is 1. The second kappa shape index (κ2) is 7.77. The molecule has 0 bridgehead atoms. The molecule has 7 heteroatoms. The molecular formula is C15H13NO4S2. The molecule has 0 spiro atoms. The minimum atomic E-state index is -0.505. The summed E-state index contributed by atoms with van der Waals surface area (Å²) in [4.78, 5) is 28.5. The van der Waals surface area contributed by atoms with Crippen molar-refractivity contribution in [1.29, 1.82) is 0 Å². The average molecular weight is 335 g/mol. The molecule has 0 N–H and O–H groups in total. The molecule has 1 saturated heterocycles. The smallest absolute Gasteiger partial charge is 0.332 e. The Kier molecular flexibility index (Phi) is 5.74. The van der Waals surface area contributed by atoms with Gasteiger partial charge >= 0.3 is 5.97 Å². The van der Waals surface area contributed by atoms with Gasteiger partial charge in [0.05, 0.1) is 11.2 Å². The van der Waals surface area contributed by atoms with Gasteiger partial charge in [-0.2, -0.15) is 0 Å². The van der Waals surface area contributed by atoms with Gasteiger partial charge < -0.3 is 9.25 Å². The maximum absolute atomic E-state index is 12.0. The fourth-order valence-corrected chi connectivity index (χ4v) is 2.55. The third-order valence-electron chi connectivity index (χ3n) is 2.51. The number of carbonyl (C=O) groups excluding carboxylic acids is 2. The number of hydrogen-bond donors (Lipinski definition) is 0. The first kappa shape index (κ1) is 16.3. The van der Waals surface area contributed by atoms with Crippen LogP contribution >= 0.6 is 24.0 Å². The summed E-state index contributed by atoms with van der Waals surface area (Å²) in [6, 6.07) is 3.63. The first-order valence-electron chi connectivity index (χ1n) is 6.47. The van der Waals surface area contributed by atoms with Crippen molar-refractivity contribution in [3.63, 3.8) is 0 Å². The monoisotopic (exact) mass is 335 g/mol. The van der Waals surface area contributed by atoms with Crippen molar-refractivity contribution in [1.82, 2.24) is 5.06 Å². The second-order valence-electron chi connectivity index (χ2n) is 4.07. The molecule has 2 heterocycles. The molecule has 22 heavy (non-hydrogen) atoms. The number of nitrogens with zero attached hydrogens (tertiary/aromatic N) is 1. The third-order valence-corrected chi connectivity index (χ3v) is 3.80. The van der Waals surface area contributed by atoms with Crippen LogP contribution in [0, 0.1) is 0 Å². The van der Waals surface area contributed by atoms with E-state index >= 15 is 0 Å². The molecule has 5 nitrogen and oxygen atoms in total. The fraction of sp³-hybridized carbons (Fsp3) is 0.133. The Bertz CT molecular complexity index is 659. The number of hydrogen-bond acceptors (Lipinski definition) is 6. The topological polar surface area (TPSA) is 59.8 Å². The molecule has 114 valence electrons. The van der Waals surface area contributed by atoms with Gasteiger partial charge in [-0.05, 0) is 36.5 Å². The van der Waals surface area contributed by atoms with Crippen molar-refractivity contribution >= 4 is 46.3 Å². The second-order valence-corrected chi connectivity index (χ2v) is 5.75. The van der Waals surface area contributed by atoms with E-state index in [-0.39, 0.29) is 10.7 Å². The van der Waals surface area contributed by atoms with Crippen LogP contribution < -0.4 is 0 Å². The van der Waals surface area contributed by atoms with Gasteiger partial charge in [-0.15, -0.1) is 5.06 Å². The highest BCUT2D eigenvalue weighted by molar-refractivity contribution is 8.26. The lowest BCUT2D eigenvalue weighted by atomic mass is 10.3. The summed E-state index contributed by atoms with van der Waals surface area (Å²) in [5.41, 5.74) is 0. The summed E-state index contributed by atoms with van der Waals surface area (Å²) < 4.78 is 5.35. The highest BCUT2D eigenvalue weighted by atomic mass is 32.2.